The molecule has 2 aromatic rings. The lowest BCUT2D eigenvalue weighted by Crippen LogP contribution is -2.36. The summed E-state index contributed by atoms with van der Waals surface area (Å²) in [6, 6.07) is 14.2. The van der Waals surface area contributed by atoms with Crippen LogP contribution in [0.3, 0.4) is 0 Å². The normalized spacial score (nSPS) is 10.4. The molecule has 0 unspecified atom stereocenters. The smallest absolute Gasteiger partial charge is 0.251 e. The van der Waals surface area contributed by atoms with E-state index in [9.17, 15) is 14.4 Å². The molecule has 142 valence electrons. The van der Waals surface area contributed by atoms with Crippen molar-refractivity contribution in [3.05, 3.63) is 64.1 Å². The van der Waals surface area contributed by atoms with Crippen molar-refractivity contribution in [1.82, 2.24) is 10.6 Å². The van der Waals surface area contributed by atoms with Crippen molar-refractivity contribution in [3.63, 3.8) is 0 Å². The summed E-state index contributed by atoms with van der Waals surface area (Å²) in [5.41, 5.74) is 2.01. The van der Waals surface area contributed by atoms with Gasteiger partial charge in [0.1, 0.15) is 0 Å². The molecule has 3 amide bonds. The molecule has 0 bridgehead atoms. The van der Waals surface area contributed by atoms with Gasteiger partial charge in [0.2, 0.25) is 11.8 Å². The first-order valence-electron chi connectivity index (χ1n) is 8.55. The number of rotatable bonds is 7. The van der Waals surface area contributed by atoms with Crippen LogP contribution in [0.25, 0.3) is 0 Å². The number of halogens is 1. The molecule has 0 aromatic heterocycles. The van der Waals surface area contributed by atoms with Crippen LogP contribution in [0.15, 0.2) is 53.0 Å². The van der Waals surface area contributed by atoms with Crippen molar-refractivity contribution in [2.75, 3.05) is 11.9 Å². The number of amides is 3. The van der Waals surface area contributed by atoms with Crippen molar-refractivity contribution >= 4 is 39.3 Å². The number of hydrogen-bond donors (Lipinski definition) is 3. The van der Waals surface area contributed by atoms with Gasteiger partial charge in [-0.1, -0.05) is 48.0 Å². The van der Waals surface area contributed by atoms with Crippen LogP contribution < -0.4 is 16.0 Å². The zero-order chi connectivity index (χ0) is 19.8. The SMILES string of the molecule is CC(C)C(=O)Nc1cccc(CNC(=O)CNC(=O)c2cccc(Br)c2)c1. The van der Waals surface area contributed by atoms with E-state index >= 15 is 0 Å². The van der Waals surface area contributed by atoms with E-state index in [-0.39, 0.29) is 30.2 Å². The highest BCUT2D eigenvalue weighted by atomic mass is 79.9. The highest BCUT2D eigenvalue weighted by molar-refractivity contribution is 9.10. The summed E-state index contributed by atoms with van der Waals surface area (Å²) in [5, 5.41) is 8.15. The zero-order valence-electron chi connectivity index (χ0n) is 15.2. The van der Waals surface area contributed by atoms with E-state index in [1.54, 1.807) is 30.3 Å². The van der Waals surface area contributed by atoms with Crippen molar-refractivity contribution in [2.24, 2.45) is 5.92 Å². The Labute approximate surface area is 166 Å². The molecule has 3 N–H and O–H groups in total. The first-order valence-corrected chi connectivity index (χ1v) is 9.34. The summed E-state index contributed by atoms with van der Waals surface area (Å²) in [5.74, 6) is -0.784. The van der Waals surface area contributed by atoms with Gasteiger partial charge in [-0.2, -0.15) is 0 Å². The zero-order valence-corrected chi connectivity index (χ0v) is 16.8. The van der Waals surface area contributed by atoms with Crippen LogP contribution in [0, 0.1) is 5.92 Å². The maximum absolute atomic E-state index is 12.0. The van der Waals surface area contributed by atoms with Gasteiger partial charge >= 0.3 is 0 Å². The van der Waals surface area contributed by atoms with Gasteiger partial charge in [-0.3, -0.25) is 14.4 Å². The second-order valence-electron chi connectivity index (χ2n) is 6.31. The third-order valence-electron chi connectivity index (χ3n) is 3.70. The molecule has 0 aliphatic carbocycles. The fraction of sp³-hybridized carbons (Fsp3) is 0.250. The molecule has 0 saturated carbocycles. The first kappa shape index (κ1) is 20.6. The summed E-state index contributed by atoms with van der Waals surface area (Å²) >= 11 is 3.30. The Morgan fingerprint density at radius 1 is 1.00 bits per heavy atom. The lowest BCUT2D eigenvalue weighted by molar-refractivity contribution is -0.120. The minimum Gasteiger partial charge on any atom is -0.350 e. The summed E-state index contributed by atoms with van der Waals surface area (Å²) in [6.07, 6.45) is 0. The predicted octanol–water partition coefficient (Wildman–Crippen LogP) is 3.09. The molecular formula is C20H22BrN3O3. The van der Waals surface area contributed by atoms with E-state index in [4.69, 9.17) is 0 Å². The molecule has 0 aliphatic heterocycles. The Morgan fingerprint density at radius 3 is 2.44 bits per heavy atom. The molecule has 0 heterocycles. The average molecular weight is 432 g/mol. The third-order valence-corrected chi connectivity index (χ3v) is 4.20. The molecule has 0 aliphatic rings. The van der Waals surface area contributed by atoms with Gasteiger partial charge in [-0.15, -0.1) is 0 Å². The quantitative estimate of drug-likeness (QED) is 0.629. The molecule has 6 nitrogen and oxygen atoms in total. The van der Waals surface area contributed by atoms with Crippen LogP contribution in [0.2, 0.25) is 0 Å². The fourth-order valence-corrected chi connectivity index (χ4v) is 2.60. The van der Waals surface area contributed by atoms with E-state index in [2.05, 4.69) is 31.9 Å². The Balaban J connectivity index is 1.81. The number of nitrogens with one attached hydrogen (secondary N) is 3. The summed E-state index contributed by atoms with van der Waals surface area (Å²) < 4.78 is 0.795. The van der Waals surface area contributed by atoms with Crippen LogP contribution in [0.5, 0.6) is 0 Å². The van der Waals surface area contributed by atoms with Crippen molar-refractivity contribution in [2.45, 2.75) is 20.4 Å². The minimum absolute atomic E-state index is 0.0635. The number of hydrogen-bond acceptors (Lipinski definition) is 3. The lowest BCUT2D eigenvalue weighted by atomic mass is 10.1. The molecular weight excluding hydrogens is 410 g/mol. The minimum atomic E-state index is -0.315. The molecule has 27 heavy (non-hydrogen) atoms. The van der Waals surface area contributed by atoms with Crippen molar-refractivity contribution in [3.8, 4) is 0 Å². The molecule has 0 spiro atoms. The maximum atomic E-state index is 12.0. The van der Waals surface area contributed by atoms with Crippen LogP contribution in [-0.4, -0.2) is 24.3 Å². The Kier molecular flexibility index (Phi) is 7.55. The number of carbonyl (C=O) groups is 3. The largest absolute Gasteiger partial charge is 0.350 e. The topological polar surface area (TPSA) is 87.3 Å². The Bertz CT molecular complexity index is 837. The average Bonchev–Trinajstić information content (AvgIpc) is 2.64. The monoisotopic (exact) mass is 431 g/mol. The van der Waals surface area contributed by atoms with E-state index in [0.29, 0.717) is 17.8 Å². The Morgan fingerprint density at radius 2 is 1.74 bits per heavy atom. The molecule has 2 rings (SSSR count). The van der Waals surface area contributed by atoms with E-state index in [1.807, 2.05) is 32.0 Å². The standard InChI is InChI=1S/C20H22BrN3O3/c1-13(2)19(26)24-17-8-3-5-14(9-17)11-22-18(25)12-23-20(27)15-6-4-7-16(21)10-15/h3-10,13H,11-12H2,1-2H3,(H,22,25)(H,23,27)(H,24,26). The van der Waals surface area contributed by atoms with E-state index in [1.165, 1.54) is 0 Å². The van der Waals surface area contributed by atoms with Crippen LogP contribution in [0.4, 0.5) is 5.69 Å². The second-order valence-corrected chi connectivity index (χ2v) is 7.23. The van der Waals surface area contributed by atoms with Crippen LogP contribution in [0.1, 0.15) is 29.8 Å². The van der Waals surface area contributed by atoms with Gasteiger partial charge in [0.25, 0.3) is 5.91 Å². The van der Waals surface area contributed by atoms with Gasteiger partial charge in [-0.25, -0.2) is 0 Å². The number of benzene rings is 2. The number of carbonyl (C=O) groups excluding carboxylic acids is 3. The molecule has 0 radical (unpaired) electrons. The van der Waals surface area contributed by atoms with Gasteiger partial charge in [0, 0.05) is 28.2 Å². The highest BCUT2D eigenvalue weighted by Crippen LogP contribution is 2.12. The molecule has 0 fully saturated rings. The fourth-order valence-electron chi connectivity index (χ4n) is 2.20. The summed E-state index contributed by atoms with van der Waals surface area (Å²) in [7, 11) is 0. The van der Waals surface area contributed by atoms with Crippen LogP contribution >= 0.6 is 15.9 Å². The van der Waals surface area contributed by atoms with Crippen molar-refractivity contribution < 1.29 is 14.4 Å². The van der Waals surface area contributed by atoms with Gasteiger partial charge < -0.3 is 16.0 Å². The van der Waals surface area contributed by atoms with Crippen LogP contribution in [-0.2, 0) is 16.1 Å². The van der Waals surface area contributed by atoms with Gasteiger partial charge in [0.15, 0.2) is 0 Å². The van der Waals surface area contributed by atoms with Gasteiger partial charge in [-0.05, 0) is 35.9 Å². The Hall–Kier alpha value is -2.67. The lowest BCUT2D eigenvalue weighted by Gasteiger charge is -2.10. The predicted molar refractivity (Wildman–Crippen MR) is 108 cm³/mol. The second kappa shape index (κ2) is 9.87. The molecule has 2 aromatic carbocycles. The third kappa shape index (κ3) is 6.86. The summed E-state index contributed by atoms with van der Waals surface area (Å²) in [4.78, 5) is 35.7. The molecule has 7 heteroatoms. The van der Waals surface area contributed by atoms with Gasteiger partial charge in [0.05, 0.1) is 6.54 Å². The molecule has 0 saturated heterocycles. The van der Waals surface area contributed by atoms with E-state index < -0.39 is 0 Å². The molecule has 0 atom stereocenters. The van der Waals surface area contributed by atoms with E-state index in [0.717, 1.165) is 10.0 Å². The maximum Gasteiger partial charge on any atom is 0.251 e. The summed E-state index contributed by atoms with van der Waals surface area (Å²) in [6.45, 7) is 3.83. The van der Waals surface area contributed by atoms with Crippen molar-refractivity contribution in [1.29, 1.82) is 0 Å². The number of anilines is 1. The first-order chi connectivity index (χ1) is 12.8. The highest BCUT2D eigenvalue weighted by Gasteiger charge is 2.09.